The van der Waals surface area contributed by atoms with E-state index in [1.807, 2.05) is 0 Å². The quantitative estimate of drug-likeness (QED) is 0.738. The minimum atomic E-state index is -0.787. The summed E-state index contributed by atoms with van der Waals surface area (Å²) in [4.78, 5) is 46.6. The molecule has 2 rings (SSSR count). The predicted octanol–water partition coefficient (Wildman–Crippen LogP) is 0.969. The van der Waals surface area contributed by atoms with Gasteiger partial charge in [-0.05, 0) is 36.4 Å². The number of nitrogens with one attached hydrogen (secondary N) is 1. The van der Waals surface area contributed by atoms with Crippen LogP contribution in [0.2, 0.25) is 0 Å². The molecule has 25 heavy (non-hydrogen) atoms. The molecule has 0 atom stereocenters. The van der Waals surface area contributed by atoms with E-state index in [4.69, 9.17) is 15.2 Å². The average molecular weight is 362 g/mol. The van der Waals surface area contributed by atoms with Crippen molar-refractivity contribution in [2.24, 2.45) is 5.73 Å². The molecule has 0 aliphatic carbocycles. The summed E-state index contributed by atoms with van der Waals surface area (Å²) in [5, 5.41) is 2.10. The molecule has 130 valence electrons. The zero-order valence-electron chi connectivity index (χ0n) is 13.1. The first-order valence-corrected chi connectivity index (χ1v) is 7.77. The van der Waals surface area contributed by atoms with Crippen molar-refractivity contribution in [2.75, 3.05) is 13.7 Å². The lowest BCUT2D eigenvalue weighted by Crippen LogP contribution is -2.34. The Balaban J connectivity index is 1.85. The maximum Gasteiger partial charge on any atom is 0.348 e. The number of amides is 3. The van der Waals surface area contributed by atoms with Gasteiger partial charge in [-0.1, -0.05) is 0 Å². The molecule has 0 aliphatic rings. The topological polar surface area (TPSA) is 125 Å². The van der Waals surface area contributed by atoms with Crippen LogP contribution in [0.1, 0.15) is 29.7 Å². The van der Waals surface area contributed by atoms with Gasteiger partial charge in [-0.25, -0.2) is 4.79 Å². The third-order valence-corrected chi connectivity index (χ3v) is 4.07. The first-order chi connectivity index (χ1) is 11.9. The Hall–Kier alpha value is -3.20. The molecule has 0 aliphatic heterocycles. The summed E-state index contributed by atoms with van der Waals surface area (Å²) < 4.78 is 9.76. The molecule has 1 aromatic carbocycles. The number of hydrogen-bond acceptors (Lipinski definition) is 7. The summed E-state index contributed by atoms with van der Waals surface area (Å²) in [5.74, 6) is -2.28. The number of carbonyl (C=O) groups is 4. The number of methoxy groups -OCH3 is 1. The molecular formula is C16H14N2O6S. The van der Waals surface area contributed by atoms with Crippen molar-refractivity contribution in [1.82, 2.24) is 5.32 Å². The largest absolute Gasteiger partial charge is 0.497 e. The van der Waals surface area contributed by atoms with E-state index in [0.29, 0.717) is 5.75 Å². The summed E-state index contributed by atoms with van der Waals surface area (Å²) in [6.07, 6.45) is 0. The van der Waals surface area contributed by atoms with E-state index >= 15 is 0 Å². The zero-order chi connectivity index (χ0) is 18.4. The molecule has 2 aromatic rings. The molecule has 0 fully saturated rings. The predicted molar refractivity (Wildman–Crippen MR) is 88.6 cm³/mol. The average Bonchev–Trinajstić information content (AvgIpc) is 3.10. The van der Waals surface area contributed by atoms with Crippen LogP contribution in [0.25, 0.3) is 0 Å². The van der Waals surface area contributed by atoms with Crippen molar-refractivity contribution >= 4 is 35.0 Å². The molecule has 8 nitrogen and oxygen atoms in total. The molecule has 0 unspecified atom stereocenters. The molecule has 0 saturated heterocycles. The van der Waals surface area contributed by atoms with Gasteiger partial charge in [0.1, 0.15) is 10.6 Å². The molecular weight excluding hydrogens is 348 g/mol. The third-order valence-electron chi connectivity index (χ3n) is 2.99. The number of ether oxygens (including phenoxy) is 2. The third kappa shape index (κ3) is 4.88. The highest BCUT2D eigenvalue weighted by Crippen LogP contribution is 2.16. The van der Waals surface area contributed by atoms with E-state index in [0.717, 1.165) is 11.3 Å². The number of carbonyl (C=O) groups excluding carboxylic acids is 4. The Morgan fingerprint density at radius 1 is 1.04 bits per heavy atom. The van der Waals surface area contributed by atoms with Gasteiger partial charge in [0.05, 0.1) is 12.0 Å². The minimum Gasteiger partial charge on any atom is -0.497 e. The lowest BCUT2D eigenvalue weighted by atomic mass is 10.2. The van der Waals surface area contributed by atoms with Gasteiger partial charge in [0.2, 0.25) is 0 Å². The number of thiophene rings is 1. The van der Waals surface area contributed by atoms with Gasteiger partial charge in [-0.2, -0.15) is 0 Å². The highest BCUT2D eigenvalue weighted by Gasteiger charge is 2.16. The summed E-state index contributed by atoms with van der Waals surface area (Å²) in [6, 6.07) is 8.89. The minimum absolute atomic E-state index is 0.128. The van der Waals surface area contributed by atoms with E-state index in [1.54, 1.807) is 12.1 Å². The van der Waals surface area contributed by atoms with Crippen LogP contribution in [-0.4, -0.2) is 37.4 Å². The number of rotatable bonds is 6. The van der Waals surface area contributed by atoms with Crippen molar-refractivity contribution < 1.29 is 28.7 Å². The Labute approximate surface area is 146 Å². The van der Waals surface area contributed by atoms with E-state index < -0.39 is 30.3 Å². The van der Waals surface area contributed by atoms with E-state index in [2.05, 4.69) is 5.32 Å². The fourth-order valence-electron chi connectivity index (χ4n) is 1.76. The van der Waals surface area contributed by atoms with Crippen molar-refractivity contribution in [3.05, 3.63) is 51.7 Å². The van der Waals surface area contributed by atoms with Crippen LogP contribution in [0.3, 0.4) is 0 Å². The Morgan fingerprint density at radius 2 is 1.68 bits per heavy atom. The summed E-state index contributed by atoms with van der Waals surface area (Å²) in [6.45, 7) is -0.634. The standard InChI is InChI=1S/C16H14N2O6S/c1-23-10-4-2-9(3-5-10)15(21)18-13(19)8-24-16(22)12-7-6-11(25-12)14(17)20/h2-7H,8H2,1H3,(H2,17,20)(H,18,19,21). The van der Waals surface area contributed by atoms with Gasteiger partial charge in [-0.15, -0.1) is 11.3 Å². The van der Waals surface area contributed by atoms with Gasteiger partial charge >= 0.3 is 5.97 Å². The van der Waals surface area contributed by atoms with Gasteiger partial charge in [0.25, 0.3) is 17.7 Å². The number of primary amides is 1. The van der Waals surface area contributed by atoms with Crippen LogP contribution in [0, 0.1) is 0 Å². The first-order valence-electron chi connectivity index (χ1n) is 6.95. The SMILES string of the molecule is COc1ccc(C(=O)NC(=O)COC(=O)c2ccc(C(N)=O)s2)cc1. The highest BCUT2D eigenvalue weighted by atomic mass is 32.1. The van der Waals surface area contributed by atoms with E-state index in [-0.39, 0.29) is 15.3 Å². The lowest BCUT2D eigenvalue weighted by molar-refractivity contribution is -0.123. The van der Waals surface area contributed by atoms with Crippen molar-refractivity contribution in [3.8, 4) is 5.75 Å². The van der Waals surface area contributed by atoms with Crippen LogP contribution in [0.15, 0.2) is 36.4 Å². The fraction of sp³-hybridized carbons (Fsp3) is 0.125. The normalized spacial score (nSPS) is 9.96. The van der Waals surface area contributed by atoms with Gasteiger partial charge in [0.15, 0.2) is 6.61 Å². The Kier molecular flexibility index (Phi) is 5.85. The summed E-state index contributed by atoms with van der Waals surface area (Å²) in [5.41, 5.74) is 5.34. The van der Waals surface area contributed by atoms with Crippen molar-refractivity contribution in [1.29, 1.82) is 0 Å². The molecule has 1 aromatic heterocycles. The second-order valence-corrected chi connectivity index (χ2v) is 5.79. The number of hydrogen-bond donors (Lipinski definition) is 2. The molecule has 3 N–H and O–H groups in total. The van der Waals surface area contributed by atoms with Gasteiger partial charge in [0, 0.05) is 5.56 Å². The maximum absolute atomic E-state index is 11.9. The smallest absolute Gasteiger partial charge is 0.348 e. The van der Waals surface area contributed by atoms with Gasteiger partial charge in [-0.3, -0.25) is 19.7 Å². The number of nitrogens with two attached hydrogens (primary N) is 1. The Bertz CT molecular complexity index is 812. The van der Waals surface area contributed by atoms with Crippen LogP contribution in [-0.2, 0) is 9.53 Å². The summed E-state index contributed by atoms with van der Waals surface area (Å²) in [7, 11) is 1.49. The van der Waals surface area contributed by atoms with Crippen molar-refractivity contribution in [2.45, 2.75) is 0 Å². The lowest BCUT2D eigenvalue weighted by Gasteiger charge is -2.06. The molecule has 0 spiro atoms. The zero-order valence-corrected chi connectivity index (χ0v) is 13.9. The van der Waals surface area contributed by atoms with E-state index in [1.165, 1.54) is 31.4 Å². The van der Waals surface area contributed by atoms with Crippen LogP contribution >= 0.6 is 11.3 Å². The van der Waals surface area contributed by atoms with Crippen molar-refractivity contribution in [3.63, 3.8) is 0 Å². The Morgan fingerprint density at radius 3 is 2.24 bits per heavy atom. The monoisotopic (exact) mass is 362 g/mol. The molecule has 0 saturated carbocycles. The van der Waals surface area contributed by atoms with Crippen LogP contribution < -0.4 is 15.8 Å². The molecule has 1 heterocycles. The molecule has 9 heteroatoms. The second-order valence-electron chi connectivity index (χ2n) is 4.71. The van der Waals surface area contributed by atoms with E-state index in [9.17, 15) is 19.2 Å². The second kappa shape index (κ2) is 8.06. The number of benzene rings is 1. The van der Waals surface area contributed by atoms with Gasteiger partial charge < -0.3 is 15.2 Å². The van der Waals surface area contributed by atoms with Crippen LogP contribution in [0.5, 0.6) is 5.75 Å². The number of imide groups is 1. The van der Waals surface area contributed by atoms with Crippen LogP contribution in [0.4, 0.5) is 0 Å². The summed E-state index contributed by atoms with van der Waals surface area (Å²) >= 11 is 0.855. The molecule has 3 amide bonds. The highest BCUT2D eigenvalue weighted by molar-refractivity contribution is 7.15. The number of esters is 1. The molecule has 0 bridgehead atoms. The first kappa shape index (κ1) is 18.1. The fourth-order valence-corrected chi connectivity index (χ4v) is 2.51. The maximum atomic E-state index is 11.9. The molecule has 0 radical (unpaired) electrons.